The standard InChI is InChI=1S/C12H15N3O4/c1-8-7-14(5-6-19-8)12(16)9-3-2-4-10(11(9)13)15(17)18/h2-4,8H,5-7,13H2,1H3. The number of anilines is 1. The lowest BCUT2D eigenvalue weighted by Gasteiger charge is -2.31. The monoisotopic (exact) mass is 265 g/mol. The van der Waals surface area contributed by atoms with Crippen LogP contribution in [-0.2, 0) is 4.74 Å². The molecule has 1 aliphatic heterocycles. The van der Waals surface area contributed by atoms with Crippen molar-refractivity contribution in [2.24, 2.45) is 0 Å². The SMILES string of the molecule is CC1CN(C(=O)c2cccc([N+](=O)[O-])c2N)CCO1. The second kappa shape index (κ2) is 5.23. The van der Waals surface area contributed by atoms with Gasteiger partial charge in [0.15, 0.2) is 0 Å². The summed E-state index contributed by atoms with van der Waals surface area (Å²) in [7, 11) is 0. The quantitative estimate of drug-likeness (QED) is 0.489. The Labute approximate surface area is 110 Å². The van der Waals surface area contributed by atoms with Gasteiger partial charge in [-0.1, -0.05) is 6.07 Å². The van der Waals surface area contributed by atoms with Crippen molar-refractivity contribution in [1.29, 1.82) is 0 Å². The van der Waals surface area contributed by atoms with Gasteiger partial charge in [-0.15, -0.1) is 0 Å². The molecule has 102 valence electrons. The second-order valence-electron chi connectivity index (χ2n) is 4.43. The van der Waals surface area contributed by atoms with Gasteiger partial charge in [-0.25, -0.2) is 0 Å². The maximum atomic E-state index is 12.3. The van der Waals surface area contributed by atoms with Crippen LogP contribution in [0.4, 0.5) is 11.4 Å². The zero-order chi connectivity index (χ0) is 14.0. The van der Waals surface area contributed by atoms with E-state index in [1.54, 1.807) is 4.90 Å². The molecular weight excluding hydrogens is 250 g/mol. The molecule has 1 unspecified atom stereocenters. The molecule has 0 aromatic heterocycles. The molecule has 1 amide bonds. The molecule has 7 nitrogen and oxygen atoms in total. The summed E-state index contributed by atoms with van der Waals surface area (Å²) in [6, 6.07) is 4.25. The molecule has 0 spiro atoms. The Morgan fingerprint density at radius 3 is 2.95 bits per heavy atom. The first-order chi connectivity index (χ1) is 9.00. The summed E-state index contributed by atoms with van der Waals surface area (Å²) in [6.07, 6.45) is -0.0439. The average Bonchev–Trinajstić information content (AvgIpc) is 2.38. The number of nitrogen functional groups attached to an aromatic ring is 1. The van der Waals surface area contributed by atoms with Crippen LogP contribution in [0.2, 0.25) is 0 Å². The predicted molar refractivity (Wildman–Crippen MR) is 68.8 cm³/mol. The molecule has 7 heteroatoms. The van der Waals surface area contributed by atoms with Crippen LogP contribution in [-0.4, -0.2) is 41.5 Å². The molecule has 1 atom stereocenters. The number of carbonyl (C=O) groups is 1. The number of amides is 1. The van der Waals surface area contributed by atoms with Crippen LogP contribution in [0.15, 0.2) is 18.2 Å². The number of ether oxygens (including phenoxy) is 1. The number of nitrogens with zero attached hydrogens (tertiary/aromatic N) is 2. The smallest absolute Gasteiger partial charge is 0.292 e. The first-order valence-electron chi connectivity index (χ1n) is 5.94. The van der Waals surface area contributed by atoms with E-state index in [2.05, 4.69) is 0 Å². The van der Waals surface area contributed by atoms with Gasteiger partial charge in [0.2, 0.25) is 0 Å². The van der Waals surface area contributed by atoms with Gasteiger partial charge in [0.25, 0.3) is 11.6 Å². The van der Waals surface area contributed by atoms with Gasteiger partial charge in [0.1, 0.15) is 5.69 Å². The molecule has 1 heterocycles. The van der Waals surface area contributed by atoms with Crippen molar-refractivity contribution in [3.05, 3.63) is 33.9 Å². The fourth-order valence-electron chi connectivity index (χ4n) is 2.07. The fourth-order valence-corrected chi connectivity index (χ4v) is 2.07. The zero-order valence-corrected chi connectivity index (χ0v) is 10.5. The molecule has 2 rings (SSSR count). The van der Waals surface area contributed by atoms with Crippen LogP contribution >= 0.6 is 0 Å². The molecule has 0 radical (unpaired) electrons. The van der Waals surface area contributed by atoms with Gasteiger partial charge in [0, 0.05) is 19.2 Å². The largest absolute Gasteiger partial charge is 0.393 e. The average molecular weight is 265 g/mol. The Morgan fingerprint density at radius 1 is 1.58 bits per heavy atom. The number of nitrogens with two attached hydrogens (primary N) is 1. The Hall–Kier alpha value is -2.15. The van der Waals surface area contributed by atoms with E-state index >= 15 is 0 Å². The first kappa shape index (κ1) is 13.3. The van der Waals surface area contributed by atoms with E-state index in [-0.39, 0.29) is 28.9 Å². The zero-order valence-electron chi connectivity index (χ0n) is 10.5. The first-order valence-corrected chi connectivity index (χ1v) is 5.94. The maximum Gasteiger partial charge on any atom is 0.292 e. The van der Waals surface area contributed by atoms with Gasteiger partial charge in [0.05, 0.1) is 23.2 Å². The van der Waals surface area contributed by atoms with Crippen molar-refractivity contribution in [2.45, 2.75) is 13.0 Å². The molecule has 19 heavy (non-hydrogen) atoms. The Bertz CT molecular complexity index is 518. The van der Waals surface area contributed by atoms with Crippen LogP contribution in [0.25, 0.3) is 0 Å². The van der Waals surface area contributed by atoms with Crippen molar-refractivity contribution in [3.8, 4) is 0 Å². The molecule has 0 saturated carbocycles. The highest BCUT2D eigenvalue weighted by molar-refractivity contribution is 6.01. The van der Waals surface area contributed by atoms with E-state index in [1.807, 2.05) is 6.92 Å². The van der Waals surface area contributed by atoms with Crippen molar-refractivity contribution >= 4 is 17.3 Å². The number of hydrogen-bond donors (Lipinski definition) is 1. The maximum absolute atomic E-state index is 12.3. The summed E-state index contributed by atoms with van der Waals surface area (Å²) in [5, 5.41) is 10.8. The highest BCUT2D eigenvalue weighted by Gasteiger charge is 2.26. The van der Waals surface area contributed by atoms with Gasteiger partial charge in [-0.2, -0.15) is 0 Å². The molecule has 1 aromatic carbocycles. The van der Waals surface area contributed by atoms with Crippen LogP contribution in [0, 0.1) is 10.1 Å². The van der Waals surface area contributed by atoms with E-state index in [0.717, 1.165) is 0 Å². The molecule has 1 fully saturated rings. The summed E-state index contributed by atoms with van der Waals surface area (Å²) in [6.45, 7) is 3.25. The minimum atomic E-state index is -0.589. The van der Waals surface area contributed by atoms with Crippen molar-refractivity contribution in [1.82, 2.24) is 4.90 Å². The van der Waals surface area contributed by atoms with Crippen molar-refractivity contribution in [3.63, 3.8) is 0 Å². The summed E-state index contributed by atoms with van der Waals surface area (Å²) in [4.78, 5) is 24.1. The topological polar surface area (TPSA) is 98.7 Å². The van der Waals surface area contributed by atoms with E-state index < -0.39 is 4.92 Å². The predicted octanol–water partition coefficient (Wildman–Crippen LogP) is 1.04. The minimum absolute atomic E-state index is 0.0439. The van der Waals surface area contributed by atoms with Gasteiger partial charge in [-0.05, 0) is 13.0 Å². The third-order valence-electron chi connectivity index (χ3n) is 3.04. The van der Waals surface area contributed by atoms with Crippen LogP contribution in [0.1, 0.15) is 17.3 Å². The lowest BCUT2D eigenvalue weighted by Crippen LogP contribution is -2.44. The van der Waals surface area contributed by atoms with Crippen LogP contribution in [0.3, 0.4) is 0 Å². The van der Waals surface area contributed by atoms with Gasteiger partial charge in [-0.3, -0.25) is 14.9 Å². The Kier molecular flexibility index (Phi) is 3.66. The molecule has 2 N–H and O–H groups in total. The molecule has 0 bridgehead atoms. The van der Waals surface area contributed by atoms with Gasteiger partial charge < -0.3 is 15.4 Å². The number of morpholine rings is 1. The summed E-state index contributed by atoms with van der Waals surface area (Å²) < 4.78 is 5.35. The van der Waals surface area contributed by atoms with Crippen LogP contribution < -0.4 is 5.73 Å². The number of hydrogen-bond acceptors (Lipinski definition) is 5. The summed E-state index contributed by atoms with van der Waals surface area (Å²) >= 11 is 0. The number of para-hydroxylation sites is 1. The van der Waals surface area contributed by atoms with Crippen molar-refractivity contribution < 1.29 is 14.5 Å². The third kappa shape index (κ3) is 2.65. The summed E-state index contributed by atoms with van der Waals surface area (Å²) in [5.41, 5.74) is 5.55. The highest BCUT2D eigenvalue weighted by atomic mass is 16.6. The molecular formula is C12H15N3O4. The van der Waals surface area contributed by atoms with E-state index in [0.29, 0.717) is 19.7 Å². The molecule has 1 aliphatic rings. The number of benzene rings is 1. The minimum Gasteiger partial charge on any atom is -0.393 e. The Morgan fingerprint density at radius 2 is 2.32 bits per heavy atom. The number of nitro groups is 1. The summed E-state index contributed by atoms with van der Waals surface area (Å²) in [5.74, 6) is -0.295. The lowest BCUT2D eigenvalue weighted by atomic mass is 10.1. The lowest BCUT2D eigenvalue weighted by molar-refractivity contribution is -0.383. The second-order valence-corrected chi connectivity index (χ2v) is 4.43. The number of rotatable bonds is 2. The molecule has 0 aliphatic carbocycles. The van der Waals surface area contributed by atoms with Crippen LogP contribution in [0.5, 0.6) is 0 Å². The normalized spacial score (nSPS) is 19.2. The molecule has 1 saturated heterocycles. The molecule has 1 aromatic rings. The van der Waals surface area contributed by atoms with Crippen molar-refractivity contribution in [2.75, 3.05) is 25.4 Å². The Balaban J connectivity index is 2.28. The van der Waals surface area contributed by atoms with E-state index in [4.69, 9.17) is 10.5 Å². The highest BCUT2D eigenvalue weighted by Crippen LogP contribution is 2.26. The van der Waals surface area contributed by atoms with E-state index in [1.165, 1.54) is 18.2 Å². The van der Waals surface area contributed by atoms with Gasteiger partial charge >= 0.3 is 0 Å². The van der Waals surface area contributed by atoms with E-state index in [9.17, 15) is 14.9 Å². The fraction of sp³-hybridized carbons (Fsp3) is 0.417. The third-order valence-corrected chi connectivity index (χ3v) is 3.04. The number of nitro benzene ring substituents is 1. The number of carbonyl (C=O) groups excluding carboxylic acids is 1.